The number of nitrogen functional groups attached to an aromatic ring is 1. The molecule has 0 aliphatic carbocycles. The Morgan fingerprint density at radius 1 is 1.43 bits per heavy atom. The number of benzene rings is 1. The largest absolute Gasteiger partial charge is 0.399 e. The van der Waals surface area contributed by atoms with Gasteiger partial charge in [-0.25, -0.2) is 4.98 Å². The van der Waals surface area contributed by atoms with Gasteiger partial charge in [-0.3, -0.25) is 9.20 Å². The molecule has 7 heteroatoms. The molecule has 0 amide bonds. The van der Waals surface area contributed by atoms with Crippen molar-refractivity contribution in [3.63, 3.8) is 0 Å². The molecule has 0 saturated heterocycles. The smallest absolute Gasteiger partial charge is 0.258 e. The summed E-state index contributed by atoms with van der Waals surface area (Å²) >= 11 is 9.12. The second kappa shape index (κ2) is 5.71. The first kappa shape index (κ1) is 14.4. The molecule has 108 valence electrons. The summed E-state index contributed by atoms with van der Waals surface area (Å²) in [7, 11) is 0. The van der Waals surface area contributed by atoms with E-state index < -0.39 is 0 Å². The van der Waals surface area contributed by atoms with Crippen LogP contribution in [0.2, 0.25) is 5.02 Å². The van der Waals surface area contributed by atoms with E-state index >= 15 is 0 Å². The van der Waals surface area contributed by atoms with Crippen molar-refractivity contribution in [2.45, 2.75) is 17.6 Å². The Kier molecular flexibility index (Phi) is 3.93. The number of anilines is 1. The second-order valence-electron chi connectivity index (χ2n) is 4.56. The maximum Gasteiger partial charge on any atom is 0.258 e. The summed E-state index contributed by atoms with van der Waals surface area (Å²) in [6, 6.07) is 6.93. The summed E-state index contributed by atoms with van der Waals surface area (Å²) in [5.74, 6) is 0.575. The SMILES string of the molecule is Cc1csc2nc(CSc3cc(N)ccc3Cl)cc(=O)n12. The van der Waals surface area contributed by atoms with E-state index in [4.69, 9.17) is 17.3 Å². The van der Waals surface area contributed by atoms with Crippen molar-refractivity contribution in [2.75, 3.05) is 5.73 Å². The van der Waals surface area contributed by atoms with Gasteiger partial charge >= 0.3 is 0 Å². The van der Waals surface area contributed by atoms with Crippen molar-refractivity contribution >= 4 is 45.3 Å². The minimum atomic E-state index is -0.0481. The highest BCUT2D eigenvalue weighted by atomic mass is 35.5. The molecule has 0 unspecified atom stereocenters. The van der Waals surface area contributed by atoms with Gasteiger partial charge in [0.05, 0.1) is 10.7 Å². The normalized spacial score (nSPS) is 11.1. The van der Waals surface area contributed by atoms with E-state index in [1.807, 2.05) is 18.4 Å². The summed E-state index contributed by atoms with van der Waals surface area (Å²) < 4.78 is 1.62. The Morgan fingerprint density at radius 3 is 3.05 bits per heavy atom. The summed E-state index contributed by atoms with van der Waals surface area (Å²) in [5, 5.41) is 2.58. The van der Waals surface area contributed by atoms with Gasteiger partial charge in [-0.15, -0.1) is 23.1 Å². The highest BCUT2D eigenvalue weighted by Gasteiger charge is 2.08. The first-order chi connectivity index (χ1) is 10.0. The van der Waals surface area contributed by atoms with Crippen molar-refractivity contribution < 1.29 is 0 Å². The number of aryl methyl sites for hydroxylation is 1. The molecule has 3 rings (SSSR count). The number of hydrogen-bond acceptors (Lipinski definition) is 5. The third-order valence-electron chi connectivity index (χ3n) is 2.96. The van der Waals surface area contributed by atoms with E-state index in [9.17, 15) is 4.79 Å². The predicted octanol–water partition coefficient (Wildman–Crippen LogP) is 3.59. The van der Waals surface area contributed by atoms with Gasteiger partial charge in [-0.1, -0.05) is 11.6 Å². The number of fused-ring (bicyclic) bond motifs is 1. The molecular weight excluding hydrogens is 326 g/mol. The van der Waals surface area contributed by atoms with Gasteiger partial charge in [0, 0.05) is 33.5 Å². The fourth-order valence-electron chi connectivity index (χ4n) is 1.96. The van der Waals surface area contributed by atoms with Crippen molar-refractivity contribution in [1.29, 1.82) is 0 Å². The average Bonchev–Trinajstić information content (AvgIpc) is 2.82. The predicted molar refractivity (Wildman–Crippen MR) is 89.5 cm³/mol. The number of halogens is 1. The number of aromatic nitrogens is 2. The average molecular weight is 338 g/mol. The van der Waals surface area contributed by atoms with Crippen LogP contribution in [-0.4, -0.2) is 9.38 Å². The molecule has 0 aliphatic heterocycles. The third-order valence-corrected chi connectivity index (χ3v) is 5.43. The molecular formula is C14H12ClN3OS2. The zero-order chi connectivity index (χ0) is 15.0. The van der Waals surface area contributed by atoms with Crippen LogP contribution in [0, 0.1) is 6.92 Å². The lowest BCUT2D eigenvalue weighted by Crippen LogP contribution is -2.14. The highest BCUT2D eigenvalue weighted by Crippen LogP contribution is 2.31. The lowest BCUT2D eigenvalue weighted by Gasteiger charge is -2.05. The Morgan fingerprint density at radius 2 is 2.24 bits per heavy atom. The molecule has 0 fully saturated rings. The first-order valence-electron chi connectivity index (χ1n) is 6.19. The molecule has 1 aromatic carbocycles. The van der Waals surface area contributed by atoms with Crippen LogP contribution in [0.3, 0.4) is 0 Å². The number of rotatable bonds is 3. The van der Waals surface area contributed by atoms with Gasteiger partial charge in [0.25, 0.3) is 5.56 Å². The molecule has 0 spiro atoms. The monoisotopic (exact) mass is 337 g/mol. The molecule has 2 N–H and O–H groups in total. The zero-order valence-electron chi connectivity index (χ0n) is 11.2. The van der Waals surface area contributed by atoms with Crippen LogP contribution in [0.15, 0.2) is 39.3 Å². The Labute approximate surface area is 134 Å². The number of thioether (sulfide) groups is 1. The van der Waals surface area contributed by atoms with Crippen LogP contribution in [0.25, 0.3) is 4.96 Å². The highest BCUT2D eigenvalue weighted by molar-refractivity contribution is 7.98. The van der Waals surface area contributed by atoms with Gasteiger partial charge in [0.2, 0.25) is 0 Å². The maximum atomic E-state index is 12.1. The fourth-order valence-corrected chi connectivity index (χ4v) is 4.01. The summed E-state index contributed by atoms with van der Waals surface area (Å²) in [6.45, 7) is 1.90. The Hall–Kier alpha value is -1.50. The number of hydrogen-bond donors (Lipinski definition) is 1. The molecule has 0 atom stereocenters. The third kappa shape index (κ3) is 2.92. The molecule has 2 heterocycles. The van der Waals surface area contributed by atoms with Crippen LogP contribution in [0.5, 0.6) is 0 Å². The van der Waals surface area contributed by atoms with Crippen molar-refractivity contribution in [2.24, 2.45) is 0 Å². The van der Waals surface area contributed by atoms with Crippen LogP contribution in [0.1, 0.15) is 11.4 Å². The van der Waals surface area contributed by atoms with E-state index in [0.29, 0.717) is 21.4 Å². The Balaban J connectivity index is 1.88. The molecule has 2 aromatic heterocycles. The van der Waals surface area contributed by atoms with E-state index in [2.05, 4.69) is 4.98 Å². The lowest BCUT2D eigenvalue weighted by atomic mass is 10.3. The van der Waals surface area contributed by atoms with Crippen molar-refractivity contribution in [3.8, 4) is 0 Å². The molecule has 4 nitrogen and oxygen atoms in total. The summed E-state index contributed by atoms with van der Waals surface area (Å²) in [5.41, 5.74) is 8.03. The molecule has 0 aliphatic rings. The van der Waals surface area contributed by atoms with Gasteiger partial charge < -0.3 is 5.73 Å². The lowest BCUT2D eigenvalue weighted by molar-refractivity contribution is 0.997. The Bertz CT molecular complexity index is 872. The van der Waals surface area contributed by atoms with E-state index in [0.717, 1.165) is 16.3 Å². The van der Waals surface area contributed by atoms with E-state index in [1.54, 1.807) is 22.6 Å². The number of nitrogens with zero attached hydrogens (tertiary/aromatic N) is 2. The van der Waals surface area contributed by atoms with Gasteiger partial charge in [0.15, 0.2) is 4.96 Å². The molecule has 0 saturated carbocycles. The molecule has 3 aromatic rings. The summed E-state index contributed by atoms with van der Waals surface area (Å²) in [6.07, 6.45) is 0. The minimum Gasteiger partial charge on any atom is -0.399 e. The van der Waals surface area contributed by atoms with Gasteiger partial charge in [-0.05, 0) is 25.1 Å². The van der Waals surface area contributed by atoms with E-state index in [-0.39, 0.29) is 5.56 Å². The maximum absolute atomic E-state index is 12.1. The second-order valence-corrected chi connectivity index (χ2v) is 6.82. The molecule has 21 heavy (non-hydrogen) atoms. The zero-order valence-corrected chi connectivity index (χ0v) is 13.6. The minimum absolute atomic E-state index is 0.0481. The van der Waals surface area contributed by atoms with Gasteiger partial charge in [0.1, 0.15) is 0 Å². The fraction of sp³-hybridized carbons (Fsp3) is 0.143. The summed E-state index contributed by atoms with van der Waals surface area (Å²) in [4.78, 5) is 18.2. The number of nitrogens with two attached hydrogens (primary N) is 1. The quantitative estimate of drug-likeness (QED) is 0.586. The van der Waals surface area contributed by atoms with E-state index in [1.165, 1.54) is 23.1 Å². The van der Waals surface area contributed by atoms with Crippen LogP contribution >= 0.6 is 34.7 Å². The van der Waals surface area contributed by atoms with Crippen molar-refractivity contribution in [1.82, 2.24) is 9.38 Å². The standard InChI is InChI=1S/C14H12ClN3OS2/c1-8-6-21-14-17-10(5-13(19)18(8)14)7-20-12-4-9(16)2-3-11(12)15/h2-6H,7,16H2,1H3. The number of thiazole rings is 1. The molecule has 0 radical (unpaired) electrons. The van der Waals surface area contributed by atoms with Crippen molar-refractivity contribution in [3.05, 3.63) is 56.4 Å². The van der Waals surface area contributed by atoms with Crippen LogP contribution in [0.4, 0.5) is 5.69 Å². The van der Waals surface area contributed by atoms with Gasteiger partial charge in [-0.2, -0.15) is 0 Å². The first-order valence-corrected chi connectivity index (χ1v) is 8.43. The van der Waals surface area contributed by atoms with Crippen LogP contribution < -0.4 is 11.3 Å². The van der Waals surface area contributed by atoms with Crippen LogP contribution in [-0.2, 0) is 5.75 Å². The molecule has 0 bridgehead atoms. The topological polar surface area (TPSA) is 60.4 Å².